The Morgan fingerprint density at radius 1 is 0.970 bits per heavy atom. The van der Waals surface area contributed by atoms with Crippen molar-refractivity contribution < 1.29 is 23.5 Å². The normalized spacial score (nSPS) is 22.6. The number of carbonyl (C=O) groups is 2. The third-order valence-electron chi connectivity index (χ3n) is 6.08. The Hall–Kier alpha value is -3.58. The molecule has 2 N–H and O–H groups in total. The lowest BCUT2D eigenvalue weighted by atomic mass is 9.79. The van der Waals surface area contributed by atoms with Gasteiger partial charge in [-0.25, -0.2) is 8.78 Å². The zero-order valence-electron chi connectivity index (χ0n) is 18.0. The van der Waals surface area contributed by atoms with Gasteiger partial charge in [0.2, 0.25) is 0 Å². The van der Waals surface area contributed by atoms with Gasteiger partial charge >= 0.3 is 0 Å². The molecule has 0 radical (unpaired) electrons. The third-order valence-corrected chi connectivity index (χ3v) is 6.08. The van der Waals surface area contributed by atoms with Crippen molar-refractivity contribution in [1.29, 1.82) is 0 Å². The molecule has 1 heterocycles. The number of likely N-dealkylation sites (tertiary alicyclic amines) is 1. The molecule has 0 bridgehead atoms. The van der Waals surface area contributed by atoms with Gasteiger partial charge in [-0.15, -0.1) is 0 Å². The van der Waals surface area contributed by atoms with E-state index in [9.17, 15) is 23.5 Å². The summed E-state index contributed by atoms with van der Waals surface area (Å²) in [7, 11) is 0. The first-order valence-corrected chi connectivity index (χ1v) is 10.7. The van der Waals surface area contributed by atoms with Crippen molar-refractivity contribution in [3.63, 3.8) is 0 Å². The van der Waals surface area contributed by atoms with Crippen LogP contribution in [0.2, 0.25) is 0 Å². The van der Waals surface area contributed by atoms with Crippen LogP contribution in [0.15, 0.2) is 78.9 Å². The van der Waals surface area contributed by atoms with Crippen molar-refractivity contribution in [3.8, 4) is 0 Å². The van der Waals surface area contributed by atoms with Crippen LogP contribution >= 0.6 is 0 Å². The van der Waals surface area contributed by atoms with Gasteiger partial charge < -0.3 is 15.3 Å². The second-order valence-electron chi connectivity index (χ2n) is 8.40. The highest BCUT2D eigenvalue weighted by Crippen LogP contribution is 2.38. The SMILES string of the molecule is C[C@@]1(O)CCN(C(=O)c2ccccc2F)[C@@H](c2ccccc2)[C@@H]1NC(=O)c1ccc(F)cc1. The van der Waals surface area contributed by atoms with E-state index in [0.29, 0.717) is 5.56 Å². The van der Waals surface area contributed by atoms with E-state index in [1.165, 1.54) is 47.4 Å². The van der Waals surface area contributed by atoms with Crippen LogP contribution in [-0.4, -0.2) is 40.0 Å². The van der Waals surface area contributed by atoms with Gasteiger partial charge in [0.25, 0.3) is 11.8 Å². The topological polar surface area (TPSA) is 69.6 Å². The number of halogens is 2. The molecule has 170 valence electrons. The Bertz CT molecular complexity index is 1150. The van der Waals surface area contributed by atoms with Crippen LogP contribution in [0.5, 0.6) is 0 Å². The van der Waals surface area contributed by atoms with Crippen LogP contribution in [0.4, 0.5) is 8.78 Å². The van der Waals surface area contributed by atoms with Crippen LogP contribution in [0.3, 0.4) is 0 Å². The number of benzene rings is 3. The van der Waals surface area contributed by atoms with Crippen molar-refractivity contribution in [1.82, 2.24) is 10.2 Å². The van der Waals surface area contributed by atoms with E-state index in [0.717, 1.165) is 0 Å². The van der Waals surface area contributed by atoms with Gasteiger partial charge in [-0.05, 0) is 55.3 Å². The molecule has 4 rings (SSSR count). The largest absolute Gasteiger partial charge is 0.388 e. The predicted octanol–water partition coefficient (Wildman–Crippen LogP) is 4.10. The molecule has 3 atom stereocenters. The Labute approximate surface area is 190 Å². The number of nitrogens with zero attached hydrogens (tertiary/aromatic N) is 1. The van der Waals surface area contributed by atoms with Gasteiger partial charge in [0, 0.05) is 12.1 Å². The molecular formula is C26H24F2N2O3. The number of carbonyl (C=O) groups excluding carboxylic acids is 2. The Morgan fingerprint density at radius 2 is 1.61 bits per heavy atom. The van der Waals surface area contributed by atoms with Crippen molar-refractivity contribution >= 4 is 11.8 Å². The maximum Gasteiger partial charge on any atom is 0.257 e. The number of hydrogen-bond acceptors (Lipinski definition) is 3. The highest BCUT2D eigenvalue weighted by atomic mass is 19.1. The van der Waals surface area contributed by atoms with Crippen LogP contribution in [0.1, 0.15) is 45.7 Å². The van der Waals surface area contributed by atoms with Gasteiger partial charge in [-0.2, -0.15) is 0 Å². The molecule has 0 aromatic heterocycles. The van der Waals surface area contributed by atoms with E-state index in [2.05, 4.69) is 5.32 Å². The summed E-state index contributed by atoms with van der Waals surface area (Å²) in [4.78, 5) is 27.9. The van der Waals surface area contributed by atoms with Crippen LogP contribution < -0.4 is 5.32 Å². The maximum absolute atomic E-state index is 14.4. The van der Waals surface area contributed by atoms with Crippen molar-refractivity contribution in [3.05, 3.63) is 107 Å². The highest BCUT2D eigenvalue weighted by molar-refractivity contribution is 5.96. The Morgan fingerprint density at radius 3 is 2.27 bits per heavy atom. The quantitative estimate of drug-likeness (QED) is 0.629. The third kappa shape index (κ3) is 4.64. The smallest absolute Gasteiger partial charge is 0.257 e. The molecule has 7 heteroatoms. The fourth-order valence-corrected chi connectivity index (χ4v) is 4.26. The van der Waals surface area contributed by atoms with Crippen LogP contribution in [0.25, 0.3) is 0 Å². The second kappa shape index (κ2) is 9.11. The first-order valence-electron chi connectivity index (χ1n) is 10.7. The summed E-state index contributed by atoms with van der Waals surface area (Å²) in [5, 5.41) is 14.1. The summed E-state index contributed by atoms with van der Waals surface area (Å²) in [6.45, 7) is 1.77. The molecular weight excluding hydrogens is 426 g/mol. The lowest BCUT2D eigenvalue weighted by Crippen LogP contribution is -2.63. The van der Waals surface area contributed by atoms with E-state index < -0.39 is 41.1 Å². The standard InChI is InChI=1S/C26H24F2N2O3/c1-26(33)15-16-30(25(32)20-9-5-6-10-21(20)28)22(17-7-3-2-4-8-17)23(26)29-24(31)18-11-13-19(27)14-12-18/h2-14,22-23,33H,15-16H2,1H3,(H,29,31)/t22-,23-,26+/m0/s1. The lowest BCUT2D eigenvalue weighted by molar-refractivity contribution is -0.0550. The van der Waals surface area contributed by atoms with E-state index >= 15 is 0 Å². The summed E-state index contributed by atoms with van der Waals surface area (Å²) >= 11 is 0. The molecule has 0 aliphatic carbocycles. The summed E-state index contributed by atoms with van der Waals surface area (Å²) in [6.07, 6.45) is 0.172. The van der Waals surface area contributed by atoms with Gasteiger partial charge in [-0.3, -0.25) is 9.59 Å². The first kappa shape index (κ1) is 22.6. The monoisotopic (exact) mass is 450 g/mol. The Kier molecular flexibility index (Phi) is 6.24. The highest BCUT2D eigenvalue weighted by Gasteiger charge is 2.48. The molecule has 1 fully saturated rings. The average molecular weight is 450 g/mol. The minimum absolute atomic E-state index is 0.0800. The van der Waals surface area contributed by atoms with Gasteiger partial charge in [-0.1, -0.05) is 42.5 Å². The molecule has 2 amide bonds. The minimum Gasteiger partial charge on any atom is -0.388 e. The van der Waals surface area contributed by atoms with Crippen LogP contribution in [0, 0.1) is 11.6 Å². The zero-order valence-corrected chi connectivity index (χ0v) is 18.0. The van der Waals surface area contributed by atoms with E-state index in [1.807, 2.05) is 6.07 Å². The summed E-state index contributed by atoms with van der Waals surface area (Å²) < 4.78 is 27.7. The number of rotatable bonds is 4. The van der Waals surface area contributed by atoms with E-state index in [1.54, 1.807) is 37.3 Å². The molecule has 0 spiro atoms. The molecule has 3 aromatic rings. The summed E-state index contributed by atoms with van der Waals surface area (Å²) in [5.74, 6) is -2.15. The molecule has 1 saturated heterocycles. The lowest BCUT2D eigenvalue weighted by Gasteiger charge is -2.49. The molecule has 0 saturated carbocycles. The molecule has 1 aliphatic rings. The molecule has 3 aromatic carbocycles. The number of amides is 2. The van der Waals surface area contributed by atoms with E-state index in [-0.39, 0.29) is 24.1 Å². The Balaban J connectivity index is 1.74. The van der Waals surface area contributed by atoms with Crippen molar-refractivity contribution in [2.24, 2.45) is 0 Å². The number of aliphatic hydroxyl groups is 1. The predicted molar refractivity (Wildman–Crippen MR) is 120 cm³/mol. The number of nitrogens with one attached hydrogen (secondary N) is 1. The zero-order chi connectivity index (χ0) is 23.6. The molecule has 0 unspecified atom stereocenters. The van der Waals surface area contributed by atoms with E-state index in [4.69, 9.17) is 0 Å². The average Bonchev–Trinajstić information content (AvgIpc) is 2.81. The van der Waals surface area contributed by atoms with Crippen molar-refractivity contribution in [2.45, 2.75) is 31.0 Å². The maximum atomic E-state index is 14.4. The fourth-order valence-electron chi connectivity index (χ4n) is 4.26. The first-order chi connectivity index (χ1) is 15.8. The number of piperidine rings is 1. The van der Waals surface area contributed by atoms with Gasteiger partial charge in [0.15, 0.2) is 0 Å². The van der Waals surface area contributed by atoms with Gasteiger partial charge in [0.05, 0.1) is 23.2 Å². The summed E-state index contributed by atoms with van der Waals surface area (Å²) in [6, 6.07) is 18.1. The minimum atomic E-state index is -1.36. The van der Waals surface area contributed by atoms with Gasteiger partial charge in [0.1, 0.15) is 11.6 Å². The van der Waals surface area contributed by atoms with Crippen molar-refractivity contribution in [2.75, 3.05) is 6.54 Å². The summed E-state index contributed by atoms with van der Waals surface area (Å²) in [5.41, 5.74) is -0.533. The fraction of sp³-hybridized carbons (Fsp3) is 0.231. The number of hydrogen-bond donors (Lipinski definition) is 2. The van der Waals surface area contributed by atoms with Crippen LogP contribution in [-0.2, 0) is 0 Å². The second-order valence-corrected chi connectivity index (χ2v) is 8.40. The molecule has 33 heavy (non-hydrogen) atoms. The molecule has 1 aliphatic heterocycles. The molecule has 5 nitrogen and oxygen atoms in total.